The number of nitrogens with zero attached hydrogens (tertiary/aromatic N) is 2. The van der Waals surface area contributed by atoms with Crippen LogP contribution in [0.3, 0.4) is 0 Å². The Bertz CT molecular complexity index is 764. The lowest BCUT2D eigenvalue weighted by Gasteiger charge is -2.19. The van der Waals surface area contributed by atoms with E-state index < -0.39 is 0 Å². The van der Waals surface area contributed by atoms with Crippen molar-refractivity contribution < 1.29 is 4.79 Å². The van der Waals surface area contributed by atoms with E-state index in [0.717, 1.165) is 25.5 Å². The summed E-state index contributed by atoms with van der Waals surface area (Å²) in [6, 6.07) is 18.5. The number of guanidine groups is 1. The van der Waals surface area contributed by atoms with Gasteiger partial charge in [0.2, 0.25) is 5.91 Å². The van der Waals surface area contributed by atoms with E-state index in [0.29, 0.717) is 19.5 Å². The summed E-state index contributed by atoms with van der Waals surface area (Å²) in [5, 5.41) is 6.70. The maximum absolute atomic E-state index is 11.9. The second-order valence-corrected chi connectivity index (χ2v) is 6.45. The standard InChI is InChI=1S/C21H26N4O.HI/c1-22-21(23-14-17-8-3-2-4-9-17)24-15-18-10-5-6-11-19(18)16-25-13-7-12-20(25)26;/h2-6,8-11H,7,12-16H2,1H3,(H2,22,23,24);1H. The highest BCUT2D eigenvalue weighted by molar-refractivity contribution is 14.0. The van der Waals surface area contributed by atoms with Crippen LogP contribution in [0.1, 0.15) is 29.5 Å². The lowest BCUT2D eigenvalue weighted by atomic mass is 10.1. The molecule has 1 aliphatic rings. The summed E-state index contributed by atoms with van der Waals surface area (Å²) < 4.78 is 0. The second kappa shape index (κ2) is 10.9. The fourth-order valence-corrected chi connectivity index (χ4v) is 3.14. The molecule has 1 aliphatic heterocycles. The molecule has 0 aromatic heterocycles. The van der Waals surface area contributed by atoms with Gasteiger partial charge < -0.3 is 15.5 Å². The molecule has 0 atom stereocenters. The molecule has 1 fully saturated rings. The molecule has 6 heteroatoms. The summed E-state index contributed by atoms with van der Waals surface area (Å²) in [6.07, 6.45) is 1.64. The molecule has 0 saturated carbocycles. The molecule has 3 rings (SSSR count). The van der Waals surface area contributed by atoms with E-state index in [1.54, 1.807) is 7.05 Å². The van der Waals surface area contributed by atoms with Crippen LogP contribution in [0, 0.1) is 0 Å². The van der Waals surface area contributed by atoms with Crippen molar-refractivity contribution in [2.45, 2.75) is 32.5 Å². The normalized spacial score (nSPS) is 14.0. The van der Waals surface area contributed by atoms with Crippen LogP contribution in [0.4, 0.5) is 0 Å². The van der Waals surface area contributed by atoms with E-state index in [9.17, 15) is 4.79 Å². The Morgan fingerprint density at radius 2 is 1.67 bits per heavy atom. The molecule has 27 heavy (non-hydrogen) atoms. The Labute approximate surface area is 178 Å². The highest BCUT2D eigenvalue weighted by Gasteiger charge is 2.20. The molecule has 144 valence electrons. The number of benzene rings is 2. The average molecular weight is 478 g/mol. The number of carbonyl (C=O) groups excluding carboxylic acids is 1. The van der Waals surface area contributed by atoms with Crippen LogP contribution < -0.4 is 10.6 Å². The summed E-state index contributed by atoms with van der Waals surface area (Å²) in [5.41, 5.74) is 3.59. The first kappa shape index (κ1) is 21.2. The van der Waals surface area contributed by atoms with Crippen LogP contribution in [-0.2, 0) is 24.4 Å². The molecule has 0 radical (unpaired) electrons. The maximum Gasteiger partial charge on any atom is 0.222 e. The third-order valence-corrected chi connectivity index (χ3v) is 4.62. The van der Waals surface area contributed by atoms with Gasteiger partial charge >= 0.3 is 0 Å². The zero-order valence-corrected chi connectivity index (χ0v) is 18.0. The van der Waals surface area contributed by atoms with Gasteiger partial charge in [-0.25, -0.2) is 0 Å². The average Bonchev–Trinajstić information content (AvgIpc) is 3.08. The third-order valence-electron chi connectivity index (χ3n) is 4.62. The quantitative estimate of drug-likeness (QED) is 0.381. The number of carbonyl (C=O) groups is 1. The number of aliphatic imine (C=N–C) groups is 1. The predicted octanol–water partition coefficient (Wildman–Crippen LogP) is 3.29. The van der Waals surface area contributed by atoms with Crippen molar-refractivity contribution in [3.8, 4) is 0 Å². The third kappa shape index (κ3) is 6.23. The Hall–Kier alpha value is -2.09. The van der Waals surface area contributed by atoms with Gasteiger partial charge in [-0.15, -0.1) is 24.0 Å². The van der Waals surface area contributed by atoms with Crippen LogP contribution >= 0.6 is 24.0 Å². The molecule has 2 aromatic rings. The topological polar surface area (TPSA) is 56.7 Å². The van der Waals surface area contributed by atoms with Crippen molar-refractivity contribution in [2.24, 2.45) is 4.99 Å². The fourth-order valence-electron chi connectivity index (χ4n) is 3.14. The number of hydrogen-bond acceptors (Lipinski definition) is 2. The Morgan fingerprint density at radius 3 is 2.33 bits per heavy atom. The molecule has 1 heterocycles. The van der Waals surface area contributed by atoms with Gasteiger partial charge in [-0.05, 0) is 23.1 Å². The predicted molar refractivity (Wildman–Crippen MR) is 120 cm³/mol. The zero-order valence-electron chi connectivity index (χ0n) is 15.6. The Balaban J connectivity index is 0.00000261. The Kier molecular flexibility index (Phi) is 8.57. The lowest BCUT2D eigenvalue weighted by Crippen LogP contribution is -2.36. The van der Waals surface area contributed by atoms with Crippen molar-refractivity contribution in [2.75, 3.05) is 13.6 Å². The minimum atomic E-state index is 0. The molecule has 0 spiro atoms. The van der Waals surface area contributed by atoms with E-state index in [1.807, 2.05) is 35.2 Å². The van der Waals surface area contributed by atoms with E-state index in [2.05, 4.69) is 39.9 Å². The molecule has 2 aromatic carbocycles. The largest absolute Gasteiger partial charge is 0.352 e. The van der Waals surface area contributed by atoms with Crippen LogP contribution in [0.25, 0.3) is 0 Å². The molecular weight excluding hydrogens is 451 g/mol. The first-order chi connectivity index (χ1) is 12.8. The minimum absolute atomic E-state index is 0. The van der Waals surface area contributed by atoms with Crippen molar-refractivity contribution in [3.63, 3.8) is 0 Å². The number of hydrogen-bond donors (Lipinski definition) is 2. The van der Waals surface area contributed by atoms with Gasteiger partial charge in [0.1, 0.15) is 0 Å². The van der Waals surface area contributed by atoms with Crippen molar-refractivity contribution in [1.82, 2.24) is 15.5 Å². The highest BCUT2D eigenvalue weighted by atomic mass is 127. The molecule has 1 amide bonds. The number of rotatable bonds is 6. The van der Waals surface area contributed by atoms with E-state index in [1.165, 1.54) is 16.7 Å². The first-order valence-electron chi connectivity index (χ1n) is 9.09. The lowest BCUT2D eigenvalue weighted by molar-refractivity contribution is -0.128. The van der Waals surface area contributed by atoms with E-state index in [-0.39, 0.29) is 29.9 Å². The maximum atomic E-state index is 11.9. The zero-order chi connectivity index (χ0) is 18.2. The summed E-state index contributed by atoms with van der Waals surface area (Å²) in [4.78, 5) is 18.1. The summed E-state index contributed by atoms with van der Waals surface area (Å²) in [6.45, 7) is 2.95. The molecule has 2 N–H and O–H groups in total. The molecule has 5 nitrogen and oxygen atoms in total. The van der Waals surface area contributed by atoms with Crippen LogP contribution in [-0.4, -0.2) is 30.4 Å². The van der Waals surface area contributed by atoms with Crippen molar-refractivity contribution in [3.05, 3.63) is 71.3 Å². The number of nitrogens with one attached hydrogen (secondary N) is 2. The molecule has 0 bridgehead atoms. The molecule has 0 unspecified atom stereocenters. The van der Waals surface area contributed by atoms with Gasteiger partial charge in [-0.1, -0.05) is 54.6 Å². The summed E-state index contributed by atoms with van der Waals surface area (Å²) in [7, 11) is 1.77. The van der Waals surface area contributed by atoms with E-state index in [4.69, 9.17) is 0 Å². The van der Waals surface area contributed by atoms with Crippen LogP contribution in [0.5, 0.6) is 0 Å². The van der Waals surface area contributed by atoms with Crippen molar-refractivity contribution in [1.29, 1.82) is 0 Å². The number of amides is 1. The minimum Gasteiger partial charge on any atom is -0.352 e. The summed E-state index contributed by atoms with van der Waals surface area (Å²) >= 11 is 0. The first-order valence-corrected chi connectivity index (χ1v) is 9.09. The van der Waals surface area contributed by atoms with Crippen molar-refractivity contribution >= 4 is 35.8 Å². The molecule has 0 aliphatic carbocycles. The number of halogens is 1. The fraction of sp³-hybridized carbons (Fsp3) is 0.333. The van der Waals surface area contributed by atoms with Gasteiger partial charge in [-0.2, -0.15) is 0 Å². The van der Waals surface area contributed by atoms with Gasteiger partial charge in [0, 0.05) is 39.6 Å². The highest BCUT2D eigenvalue weighted by Crippen LogP contribution is 2.17. The molecule has 1 saturated heterocycles. The van der Waals surface area contributed by atoms with Gasteiger partial charge in [0.05, 0.1) is 0 Å². The summed E-state index contributed by atoms with van der Waals surface area (Å²) in [5.74, 6) is 1.02. The van der Waals surface area contributed by atoms with Crippen LogP contribution in [0.15, 0.2) is 59.6 Å². The monoisotopic (exact) mass is 478 g/mol. The molecular formula is C21H27IN4O. The smallest absolute Gasteiger partial charge is 0.222 e. The van der Waals surface area contributed by atoms with Crippen LogP contribution in [0.2, 0.25) is 0 Å². The second-order valence-electron chi connectivity index (χ2n) is 6.45. The van der Waals surface area contributed by atoms with Gasteiger partial charge in [-0.3, -0.25) is 9.79 Å². The SMILES string of the molecule is CN=C(NCc1ccccc1)NCc1ccccc1CN1CCCC1=O.I. The number of likely N-dealkylation sites (tertiary alicyclic amines) is 1. The van der Waals surface area contributed by atoms with Gasteiger partial charge in [0.15, 0.2) is 5.96 Å². The van der Waals surface area contributed by atoms with Gasteiger partial charge in [0.25, 0.3) is 0 Å². The van der Waals surface area contributed by atoms with E-state index >= 15 is 0 Å². The Morgan fingerprint density at radius 1 is 1.00 bits per heavy atom.